The van der Waals surface area contributed by atoms with Crippen molar-refractivity contribution < 1.29 is 62.2 Å². The fourth-order valence-corrected chi connectivity index (χ4v) is 5.83. The van der Waals surface area contributed by atoms with Gasteiger partial charge in [-0.25, -0.2) is 0 Å². The number of nitriles is 1. The lowest BCUT2D eigenvalue weighted by molar-refractivity contribution is -0.249. The highest BCUT2D eigenvalue weighted by atomic mass is 19.4. The second kappa shape index (κ2) is 10.5. The number of benzene rings is 2. The molecular weight excluding hydrogens is 581 g/mol. The Bertz CT molecular complexity index is 1590. The summed E-state index contributed by atoms with van der Waals surface area (Å²) < 4.78 is 55.3. The van der Waals surface area contributed by atoms with Gasteiger partial charge in [0.1, 0.15) is 23.4 Å². The van der Waals surface area contributed by atoms with Gasteiger partial charge in [-0.2, -0.15) is 18.4 Å². The van der Waals surface area contributed by atoms with Crippen molar-refractivity contribution in [2.24, 2.45) is 0 Å². The lowest BCUT2D eigenvalue weighted by atomic mass is 9.73. The Balaban J connectivity index is 1.58. The number of phenolic OH excluding ortho intramolecular Hbond substituents is 2. The molecule has 2 aliphatic carbocycles. The average molecular weight is 607 g/mol. The summed E-state index contributed by atoms with van der Waals surface area (Å²) in [5.41, 5.74) is -4.14. The third kappa shape index (κ3) is 4.95. The van der Waals surface area contributed by atoms with Gasteiger partial charge in [0, 0.05) is 36.0 Å². The van der Waals surface area contributed by atoms with E-state index in [1.54, 1.807) is 11.4 Å². The molecule has 5 N–H and O–H groups in total. The molecule has 0 bridgehead atoms. The number of rotatable bonds is 4. The minimum atomic E-state index is -5.24. The number of aliphatic hydroxyl groups is 2. The minimum Gasteiger partial charge on any atom is -0.507 e. The SMILES string of the molecule is COc1cccc2c1C(=O)c1c(O)c3c(c(O)c1C2=O)C[C@@](O)(C#N)C[C@@H]3OC1CC(NC(=O)C(F)(F)F)C(O)C(C)O1. The number of ketones is 2. The molecule has 0 aromatic heterocycles. The number of carbonyl (C=O) groups excluding carboxylic acids is 3. The number of halogens is 3. The van der Waals surface area contributed by atoms with E-state index >= 15 is 0 Å². The molecule has 0 spiro atoms. The zero-order chi connectivity index (χ0) is 31.6. The molecule has 3 aliphatic rings. The zero-order valence-corrected chi connectivity index (χ0v) is 22.6. The summed E-state index contributed by atoms with van der Waals surface area (Å²) in [6, 6.07) is 4.40. The summed E-state index contributed by atoms with van der Waals surface area (Å²) in [6.07, 6.45) is -12.6. The van der Waals surface area contributed by atoms with Gasteiger partial charge in [-0.3, -0.25) is 14.4 Å². The number of hydrogen-bond acceptors (Lipinski definition) is 11. The van der Waals surface area contributed by atoms with E-state index in [-0.39, 0.29) is 28.0 Å². The fourth-order valence-electron chi connectivity index (χ4n) is 5.83. The van der Waals surface area contributed by atoms with E-state index in [0.29, 0.717) is 0 Å². The van der Waals surface area contributed by atoms with Gasteiger partial charge >= 0.3 is 12.1 Å². The largest absolute Gasteiger partial charge is 0.507 e. The molecule has 2 aromatic carbocycles. The van der Waals surface area contributed by atoms with Crippen LogP contribution >= 0.6 is 0 Å². The third-order valence-electron chi connectivity index (χ3n) is 7.88. The highest BCUT2D eigenvalue weighted by Crippen LogP contribution is 2.52. The number of fused-ring (bicyclic) bond motifs is 3. The van der Waals surface area contributed by atoms with E-state index in [2.05, 4.69) is 0 Å². The molecule has 1 saturated heterocycles. The lowest BCUT2D eigenvalue weighted by Crippen LogP contribution is -2.57. The number of phenols is 2. The van der Waals surface area contributed by atoms with Crippen molar-refractivity contribution in [3.05, 3.63) is 51.6 Å². The summed E-state index contributed by atoms with van der Waals surface area (Å²) in [5.74, 6) is -5.53. The summed E-state index contributed by atoms with van der Waals surface area (Å²) in [4.78, 5) is 38.7. The zero-order valence-electron chi connectivity index (χ0n) is 22.6. The number of carbonyl (C=O) groups is 3. The molecule has 5 rings (SSSR count). The summed E-state index contributed by atoms with van der Waals surface area (Å²) in [6.45, 7) is 1.31. The second-order valence-electron chi connectivity index (χ2n) is 10.6. The number of ether oxygens (including phenoxy) is 3. The van der Waals surface area contributed by atoms with Gasteiger partial charge in [-0.15, -0.1) is 0 Å². The van der Waals surface area contributed by atoms with E-state index in [4.69, 9.17) is 14.2 Å². The van der Waals surface area contributed by atoms with Gasteiger partial charge in [0.2, 0.25) is 5.78 Å². The summed E-state index contributed by atoms with van der Waals surface area (Å²) in [7, 11) is 1.27. The monoisotopic (exact) mass is 606 g/mol. The average Bonchev–Trinajstić information content (AvgIpc) is 2.94. The molecule has 228 valence electrons. The van der Waals surface area contributed by atoms with Gasteiger partial charge in [-0.1, -0.05) is 12.1 Å². The molecule has 12 nitrogen and oxygen atoms in total. The van der Waals surface area contributed by atoms with Crippen LogP contribution in [0.1, 0.15) is 68.8 Å². The molecule has 4 unspecified atom stereocenters. The van der Waals surface area contributed by atoms with Crippen molar-refractivity contribution in [3.63, 3.8) is 0 Å². The number of nitrogens with one attached hydrogen (secondary N) is 1. The molecule has 1 fully saturated rings. The van der Waals surface area contributed by atoms with Crippen LogP contribution in [0.2, 0.25) is 0 Å². The van der Waals surface area contributed by atoms with Crippen LogP contribution in [0.3, 0.4) is 0 Å². The molecular formula is C28H25F3N2O10. The van der Waals surface area contributed by atoms with Gasteiger partial charge < -0.3 is 40.0 Å². The maximum absolute atomic E-state index is 13.6. The van der Waals surface area contributed by atoms with Gasteiger partial charge in [0.25, 0.3) is 0 Å². The highest BCUT2D eigenvalue weighted by Gasteiger charge is 2.49. The molecule has 0 saturated carbocycles. The normalized spacial score (nSPS) is 28.3. The predicted octanol–water partition coefficient (Wildman–Crippen LogP) is 1.68. The van der Waals surface area contributed by atoms with Crippen LogP contribution in [0.25, 0.3) is 0 Å². The number of methoxy groups -OCH3 is 1. The smallest absolute Gasteiger partial charge is 0.471 e. The first-order chi connectivity index (χ1) is 20.1. The van der Waals surface area contributed by atoms with E-state index in [1.165, 1.54) is 32.2 Å². The van der Waals surface area contributed by atoms with Crippen LogP contribution < -0.4 is 10.1 Å². The van der Waals surface area contributed by atoms with Gasteiger partial charge in [-0.05, 0) is 13.0 Å². The molecule has 43 heavy (non-hydrogen) atoms. The van der Waals surface area contributed by atoms with E-state index in [9.17, 15) is 53.2 Å². The Labute approximate surface area is 241 Å². The van der Waals surface area contributed by atoms with Crippen LogP contribution in [0.4, 0.5) is 13.2 Å². The van der Waals surface area contributed by atoms with Crippen LogP contribution in [0, 0.1) is 11.3 Å². The molecule has 6 atom stereocenters. The van der Waals surface area contributed by atoms with Crippen molar-refractivity contribution in [1.82, 2.24) is 5.32 Å². The molecule has 1 aliphatic heterocycles. The molecule has 2 aromatic rings. The van der Waals surface area contributed by atoms with Crippen LogP contribution in [-0.2, 0) is 20.7 Å². The first-order valence-corrected chi connectivity index (χ1v) is 13.0. The van der Waals surface area contributed by atoms with Crippen molar-refractivity contribution in [1.29, 1.82) is 5.26 Å². The lowest BCUT2D eigenvalue weighted by Gasteiger charge is -2.42. The molecule has 1 amide bonds. The third-order valence-corrected chi connectivity index (χ3v) is 7.88. The maximum Gasteiger partial charge on any atom is 0.471 e. The topological polar surface area (TPSA) is 196 Å². The standard InChI is InChI=1S/C28H25F3N2O10/c1-10-21(34)13(33-26(39)28(29,30)31)6-16(42-10)43-15-8-27(40,9-32)7-12-18(15)25(38)20-19(23(12)36)22(35)11-4-3-5-14(41-2)17(11)24(20)37/h3-5,10,13,15-16,21,34,36,38,40H,6-8H2,1-2H3,(H,33,39)/t10?,13?,15-,16?,21?,27-/m0/s1. The van der Waals surface area contributed by atoms with Crippen molar-refractivity contribution in [2.75, 3.05) is 7.11 Å². The predicted molar refractivity (Wildman–Crippen MR) is 135 cm³/mol. The molecule has 15 heteroatoms. The van der Waals surface area contributed by atoms with Crippen LogP contribution in [0.5, 0.6) is 17.2 Å². The highest BCUT2D eigenvalue weighted by molar-refractivity contribution is 6.31. The second-order valence-corrected chi connectivity index (χ2v) is 10.6. The van der Waals surface area contributed by atoms with Gasteiger partial charge in [0.15, 0.2) is 17.7 Å². The number of alkyl halides is 3. The van der Waals surface area contributed by atoms with E-state index in [0.717, 1.165) is 0 Å². The Hall–Kier alpha value is -4.23. The number of hydrogen-bond donors (Lipinski definition) is 5. The number of amides is 1. The van der Waals surface area contributed by atoms with Crippen LogP contribution in [0.15, 0.2) is 18.2 Å². The molecule has 0 radical (unpaired) electrons. The molecule has 1 heterocycles. The first kappa shape index (κ1) is 30.2. The van der Waals surface area contributed by atoms with Crippen molar-refractivity contribution in [2.45, 2.75) is 68.6 Å². The van der Waals surface area contributed by atoms with Crippen molar-refractivity contribution >= 4 is 17.5 Å². The first-order valence-electron chi connectivity index (χ1n) is 13.0. The number of nitrogens with zero attached hydrogens (tertiary/aromatic N) is 1. The Morgan fingerprint density at radius 3 is 2.47 bits per heavy atom. The van der Waals surface area contributed by atoms with Gasteiger partial charge in [0.05, 0.1) is 48.1 Å². The summed E-state index contributed by atoms with van der Waals surface area (Å²) in [5, 5.41) is 55.5. The fraction of sp³-hybridized carbons (Fsp3) is 0.429. The number of aromatic hydroxyl groups is 2. The minimum absolute atomic E-state index is 0.0277. The quantitative estimate of drug-likeness (QED) is 0.214. The van der Waals surface area contributed by atoms with E-state index < -0.39 is 102 Å². The summed E-state index contributed by atoms with van der Waals surface area (Å²) >= 11 is 0. The maximum atomic E-state index is 13.6. The van der Waals surface area contributed by atoms with Crippen LogP contribution in [-0.4, -0.2) is 81.3 Å². The Morgan fingerprint density at radius 1 is 1.16 bits per heavy atom. The van der Waals surface area contributed by atoms with E-state index in [1.807, 2.05) is 0 Å². The Morgan fingerprint density at radius 2 is 1.84 bits per heavy atom. The van der Waals surface area contributed by atoms with Crippen molar-refractivity contribution in [3.8, 4) is 23.3 Å². The number of aliphatic hydroxyl groups excluding tert-OH is 1. The Kier molecular flexibility index (Phi) is 7.38.